The summed E-state index contributed by atoms with van der Waals surface area (Å²) in [5.41, 5.74) is 8.01. The van der Waals surface area contributed by atoms with E-state index in [1.165, 1.54) is 4.88 Å². The van der Waals surface area contributed by atoms with Crippen LogP contribution in [0.15, 0.2) is 34.9 Å². The Balaban J connectivity index is 1.95. The number of nitrogens with two attached hydrogens (primary N) is 1. The zero-order valence-electron chi connectivity index (χ0n) is 12.2. The Bertz CT molecular complexity index is 815. The summed E-state index contributed by atoms with van der Waals surface area (Å²) in [4.78, 5) is 5.55. The summed E-state index contributed by atoms with van der Waals surface area (Å²) in [5.74, 6) is 0.843. The standard InChI is InChI=1S/C16H16N4OS/c1-10(18)5-13-7-15-16(22-13)14(6-11(8-17)20-15)19-9-12-3-2-4-21-12/h2-4,6-7,10H,5,9,18H2,1H3,(H,19,20)/t10-/m0/s1. The third-order valence-electron chi connectivity index (χ3n) is 3.20. The lowest BCUT2D eigenvalue weighted by atomic mass is 10.2. The van der Waals surface area contributed by atoms with Crippen LogP contribution in [0, 0.1) is 11.3 Å². The smallest absolute Gasteiger partial charge is 0.143 e. The Labute approximate surface area is 132 Å². The summed E-state index contributed by atoms with van der Waals surface area (Å²) in [6.45, 7) is 2.55. The quantitative estimate of drug-likeness (QED) is 0.755. The van der Waals surface area contributed by atoms with E-state index >= 15 is 0 Å². The van der Waals surface area contributed by atoms with Crippen molar-refractivity contribution in [2.24, 2.45) is 5.73 Å². The van der Waals surface area contributed by atoms with Crippen LogP contribution in [0.25, 0.3) is 10.2 Å². The lowest BCUT2D eigenvalue weighted by Gasteiger charge is -2.06. The number of anilines is 1. The fourth-order valence-electron chi connectivity index (χ4n) is 2.27. The van der Waals surface area contributed by atoms with Crippen LogP contribution in [-0.4, -0.2) is 11.0 Å². The Hall–Kier alpha value is -2.36. The number of aromatic nitrogens is 1. The maximum Gasteiger partial charge on any atom is 0.143 e. The van der Waals surface area contributed by atoms with Crippen molar-refractivity contribution >= 4 is 27.2 Å². The number of furan rings is 1. The summed E-state index contributed by atoms with van der Waals surface area (Å²) in [5, 5.41) is 12.5. The molecule has 0 amide bonds. The molecule has 112 valence electrons. The lowest BCUT2D eigenvalue weighted by Crippen LogP contribution is -2.16. The molecule has 22 heavy (non-hydrogen) atoms. The zero-order chi connectivity index (χ0) is 15.5. The number of fused-ring (bicyclic) bond motifs is 1. The highest BCUT2D eigenvalue weighted by Gasteiger charge is 2.11. The van der Waals surface area contributed by atoms with E-state index < -0.39 is 0 Å². The third kappa shape index (κ3) is 3.11. The summed E-state index contributed by atoms with van der Waals surface area (Å²) < 4.78 is 6.37. The van der Waals surface area contributed by atoms with Crippen molar-refractivity contribution in [2.75, 3.05) is 5.32 Å². The van der Waals surface area contributed by atoms with Crippen molar-refractivity contribution in [1.82, 2.24) is 4.98 Å². The van der Waals surface area contributed by atoms with Gasteiger partial charge in [0.1, 0.15) is 17.5 Å². The van der Waals surface area contributed by atoms with E-state index in [0.717, 1.165) is 28.1 Å². The van der Waals surface area contributed by atoms with Gasteiger partial charge >= 0.3 is 0 Å². The average Bonchev–Trinajstić information content (AvgIpc) is 3.12. The summed E-state index contributed by atoms with van der Waals surface area (Å²) in [6, 6.07) is 9.76. The molecule has 0 unspecified atom stereocenters. The maximum absolute atomic E-state index is 9.15. The Kier molecular flexibility index (Phi) is 4.09. The molecule has 0 aliphatic carbocycles. The largest absolute Gasteiger partial charge is 0.467 e. The van der Waals surface area contributed by atoms with Crippen molar-refractivity contribution < 1.29 is 4.42 Å². The molecule has 0 aromatic carbocycles. The summed E-state index contributed by atoms with van der Waals surface area (Å²) in [6.07, 6.45) is 2.45. The van der Waals surface area contributed by atoms with E-state index in [9.17, 15) is 0 Å². The molecule has 0 fully saturated rings. The van der Waals surface area contributed by atoms with Gasteiger partial charge in [0.25, 0.3) is 0 Å². The van der Waals surface area contributed by atoms with Crippen molar-refractivity contribution in [3.8, 4) is 6.07 Å². The van der Waals surface area contributed by atoms with Gasteiger partial charge in [0, 0.05) is 10.9 Å². The molecule has 1 atom stereocenters. The minimum absolute atomic E-state index is 0.100. The van der Waals surface area contributed by atoms with Gasteiger partial charge in [0.15, 0.2) is 0 Å². The van der Waals surface area contributed by atoms with Crippen LogP contribution in [0.3, 0.4) is 0 Å². The highest BCUT2D eigenvalue weighted by molar-refractivity contribution is 7.19. The van der Waals surface area contributed by atoms with Crippen molar-refractivity contribution in [1.29, 1.82) is 5.26 Å². The topological polar surface area (TPSA) is 87.9 Å². The zero-order valence-corrected chi connectivity index (χ0v) is 13.0. The van der Waals surface area contributed by atoms with Gasteiger partial charge < -0.3 is 15.5 Å². The molecule has 3 heterocycles. The second-order valence-corrected chi connectivity index (χ2v) is 6.35. The number of nitrogens with one attached hydrogen (secondary N) is 1. The third-order valence-corrected chi connectivity index (χ3v) is 4.38. The number of hydrogen-bond donors (Lipinski definition) is 2. The first kappa shape index (κ1) is 14.6. The van der Waals surface area contributed by atoms with Crippen LogP contribution in [0.5, 0.6) is 0 Å². The number of rotatable bonds is 5. The molecular weight excluding hydrogens is 296 g/mol. The minimum atomic E-state index is 0.100. The van der Waals surface area contributed by atoms with E-state index in [1.54, 1.807) is 23.7 Å². The second-order valence-electron chi connectivity index (χ2n) is 5.21. The lowest BCUT2D eigenvalue weighted by molar-refractivity contribution is 0.518. The molecule has 0 radical (unpaired) electrons. The minimum Gasteiger partial charge on any atom is -0.467 e. The summed E-state index contributed by atoms with van der Waals surface area (Å²) >= 11 is 1.66. The van der Waals surface area contributed by atoms with Crippen LogP contribution in [0.4, 0.5) is 5.69 Å². The van der Waals surface area contributed by atoms with E-state index in [4.69, 9.17) is 15.4 Å². The van der Waals surface area contributed by atoms with Crippen molar-refractivity contribution in [3.05, 3.63) is 46.9 Å². The van der Waals surface area contributed by atoms with E-state index in [2.05, 4.69) is 16.4 Å². The molecule has 0 aliphatic heterocycles. The fourth-order valence-corrected chi connectivity index (χ4v) is 3.50. The van der Waals surface area contributed by atoms with E-state index in [1.807, 2.05) is 25.1 Å². The van der Waals surface area contributed by atoms with Gasteiger partial charge in [0.2, 0.25) is 0 Å². The molecule has 5 nitrogen and oxygen atoms in total. The van der Waals surface area contributed by atoms with Gasteiger partial charge in [-0.2, -0.15) is 5.26 Å². The second kappa shape index (κ2) is 6.18. The van der Waals surface area contributed by atoms with Gasteiger partial charge in [-0.1, -0.05) is 0 Å². The Morgan fingerprint density at radius 3 is 3.05 bits per heavy atom. The van der Waals surface area contributed by atoms with Gasteiger partial charge in [-0.3, -0.25) is 0 Å². The van der Waals surface area contributed by atoms with Gasteiger partial charge in [0.05, 0.1) is 28.7 Å². The highest BCUT2D eigenvalue weighted by Crippen LogP contribution is 2.32. The first-order valence-corrected chi connectivity index (χ1v) is 7.83. The monoisotopic (exact) mass is 312 g/mol. The van der Waals surface area contributed by atoms with Gasteiger partial charge in [-0.25, -0.2) is 4.98 Å². The van der Waals surface area contributed by atoms with Crippen LogP contribution in [0.2, 0.25) is 0 Å². The van der Waals surface area contributed by atoms with E-state index in [0.29, 0.717) is 12.2 Å². The molecule has 0 saturated carbocycles. The first-order chi connectivity index (χ1) is 10.7. The molecule has 0 aliphatic rings. The molecule has 3 aromatic rings. The molecule has 0 spiro atoms. The van der Waals surface area contributed by atoms with E-state index in [-0.39, 0.29) is 6.04 Å². The predicted molar refractivity (Wildman–Crippen MR) is 87.7 cm³/mol. The molecule has 0 saturated heterocycles. The molecule has 0 bridgehead atoms. The van der Waals surface area contributed by atoms with Crippen molar-refractivity contribution in [2.45, 2.75) is 25.9 Å². The molecule has 3 aromatic heterocycles. The van der Waals surface area contributed by atoms with Gasteiger partial charge in [-0.15, -0.1) is 11.3 Å². The van der Waals surface area contributed by atoms with Gasteiger partial charge in [-0.05, 0) is 37.6 Å². The molecule has 6 heteroatoms. The normalized spacial score (nSPS) is 12.2. The first-order valence-electron chi connectivity index (χ1n) is 7.01. The van der Waals surface area contributed by atoms with Crippen LogP contribution in [0.1, 0.15) is 23.3 Å². The SMILES string of the molecule is C[C@H](N)Cc1cc2nc(C#N)cc(NCc3ccco3)c2s1. The molecule has 3 N–H and O–H groups in total. The number of thiophene rings is 1. The van der Waals surface area contributed by atoms with Crippen LogP contribution in [-0.2, 0) is 13.0 Å². The number of pyridine rings is 1. The number of nitriles is 1. The molecular formula is C16H16N4OS. The van der Waals surface area contributed by atoms with Crippen LogP contribution < -0.4 is 11.1 Å². The summed E-state index contributed by atoms with van der Waals surface area (Å²) in [7, 11) is 0. The number of nitrogens with zero attached hydrogens (tertiary/aromatic N) is 2. The Morgan fingerprint density at radius 1 is 1.50 bits per heavy atom. The van der Waals surface area contributed by atoms with Crippen LogP contribution >= 0.6 is 11.3 Å². The fraction of sp³-hybridized carbons (Fsp3) is 0.250. The average molecular weight is 312 g/mol. The maximum atomic E-state index is 9.15. The Morgan fingerprint density at radius 2 is 2.36 bits per heavy atom. The number of hydrogen-bond acceptors (Lipinski definition) is 6. The van der Waals surface area contributed by atoms with Crippen molar-refractivity contribution in [3.63, 3.8) is 0 Å². The highest BCUT2D eigenvalue weighted by atomic mass is 32.1. The molecule has 3 rings (SSSR count). The predicted octanol–water partition coefficient (Wildman–Crippen LogP) is 3.26.